The van der Waals surface area contributed by atoms with Crippen molar-refractivity contribution in [1.82, 2.24) is 29.6 Å². The molecule has 2 aromatic carbocycles. The van der Waals surface area contributed by atoms with Crippen molar-refractivity contribution < 1.29 is 52.1 Å². The van der Waals surface area contributed by atoms with Gasteiger partial charge in [0.2, 0.25) is 0 Å². The molecule has 57 heavy (non-hydrogen) atoms. The fourth-order valence-electron chi connectivity index (χ4n) is 7.01. The van der Waals surface area contributed by atoms with E-state index in [0.717, 1.165) is 45.7 Å². The zero-order chi connectivity index (χ0) is 41.4. The van der Waals surface area contributed by atoms with Gasteiger partial charge in [-0.3, -0.25) is 24.1 Å². The maximum absolute atomic E-state index is 15.3. The highest BCUT2D eigenvalue weighted by Gasteiger charge is 2.44. The number of aromatic nitrogens is 2. The summed E-state index contributed by atoms with van der Waals surface area (Å²) in [7, 11) is 0. The zero-order valence-corrected chi connectivity index (χ0v) is 31.9. The summed E-state index contributed by atoms with van der Waals surface area (Å²) in [5.74, 6) is -4.98. The molecule has 3 aromatic rings. The summed E-state index contributed by atoms with van der Waals surface area (Å²) in [5, 5.41) is 23.0. The minimum atomic E-state index is -1.53. The van der Waals surface area contributed by atoms with Crippen molar-refractivity contribution in [2.45, 2.75) is 58.5 Å². The van der Waals surface area contributed by atoms with Crippen LogP contribution in [0, 0.1) is 23.0 Å². The average molecular weight is 797 g/mol. The normalized spacial score (nSPS) is 17.8. The van der Waals surface area contributed by atoms with Gasteiger partial charge in [-0.25, -0.2) is 22.9 Å². The third kappa shape index (κ3) is 10.7. The molecule has 0 aliphatic carbocycles. The maximum atomic E-state index is 15.3. The molecule has 1 unspecified atom stereocenters. The van der Waals surface area contributed by atoms with Gasteiger partial charge in [-0.05, 0) is 42.5 Å². The average Bonchev–Trinajstić information content (AvgIpc) is 3.86. The highest BCUT2D eigenvalue weighted by molar-refractivity contribution is 6.12. The topological polar surface area (TPSA) is 175 Å². The third-order valence-electron chi connectivity index (χ3n) is 10.2. The molecule has 0 saturated carbocycles. The van der Waals surface area contributed by atoms with Crippen LogP contribution < -0.4 is 5.32 Å². The summed E-state index contributed by atoms with van der Waals surface area (Å²) >= 11 is 0. The van der Waals surface area contributed by atoms with Crippen molar-refractivity contribution in [3.05, 3.63) is 89.9 Å². The zero-order valence-electron chi connectivity index (χ0n) is 31.9. The number of hydrogen-bond acceptors (Lipinski definition) is 9. The molecular weight excluding hydrogens is 749 g/mol. The van der Waals surface area contributed by atoms with E-state index in [2.05, 4.69) is 5.32 Å². The molecule has 2 aliphatic rings. The smallest absolute Gasteiger partial charge is 0.409 e. The van der Waals surface area contributed by atoms with E-state index in [1.54, 1.807) is 18.4 Å². The second-order valence-electron chi connectivity index (χ2n) is 14.9. The number of aliphatic carboxylic acids is 1. The van der Waals surface area contributed by atoms with Crippen LogP contribution in [0.3, 0.4) is 0 Å². The van der Waals surface area contributed by atoms with E-state index in [1.165, 1.54) is 18.0 Å². The first-order valence-electron chi connectivity index (χ1n) is 18.6. The van der Waals surface area contributed by atoms with Crippen LogP contribution in [0.5, 0.6) is 0 Å². The van der Waals surface area contributed by atoms with E-state index in [9.17, 15) is 38.6 Å². The predicted molar refractivity (Wildman–Crippen MR) is 200 cm³/mol. The highest BCUT2D eigenvalue weighted by Crippen LogP contribution is 2.43. The molecule has 1 fully saturated rings. The number of aliphatic hydroxyl groups excluding tert-OH is 1. The van der Waals surface area contributed by atoms with Gasteiger partial charge in [0.1, 0.15) is 29.7 Å². The Morgan fingerprint density at radius 3 is 2.39 bits per heavy atom. The van der Waals surface area contributed by atoms with Gasteiger partial charge in [0.15, 0.2) is 0 Å². The van der Waals surface area contributed by atoms with E-state index in [1.807, 2.05) is 30.3 Å². The van der Waals surface area contributed by atoms with Crippen molar-refractivity contribution in [3.8, 4) is 11.3 Å². The molecular formula is C40H47F3N6O8. The van der Waals surface area contributed by atoms with E-state index in [0.29, 0.717) is 0 Å². The molecule has 4 atom stereocenters. The quantitative estimate of drug-likeness (QED) is 0.160. The number of carbonyl (C=O) groups is 5. The highest BCUT2D eigenvalue weighted by atomic mass is 19.1. The number of rotatable bonds is 18. The molecule has 4 amide bonds. The Morgan fingerprint density at radius 1 is 1.05 bits per heavy atom. The summed E-state index contributed by atoms with van der Waals surface area (Å²) in [6.07, 6.45) is -0.469. The van der Waals surface area contributed by atoms with Gasteiger partial charge in [0.25, 0.3) is 17.7 Å². The van der Waals surface area contributed by atoms with Crippen molar-refractivity contribution in [1.29, 1.82) is 0 Å². The summed E-state index contributed by atoms with van der Waals surface area (Å²) in [6, 6.07) is 11.1. The molecule has 1 aromatic heterocycles. The molecule has 0 spiro atoms. The van der Waals surface area contributed by atoms with Crippen molar-refractivity contribution in [2.24, 2.45) is 11.3 Å². The van der Waals surface area contributed by atoms with Gasteiger partial charge in [-0.2, -0.15) is 0 Å². The number of amides is 4. The second-order valence-corrected chi connectivity index (χ2v) is 14.9. The minimum absolute atomic E-state index is 0.0244. The van der Waals surface area contributed by atoms with Gasteiger partial charge in [-0.15, -0.1) is 0 Å². The molecule has 1 saturated heterocycles. The molecule has 3 N–H and O–H groups in total. The molecule has 5 rings (SSSR count). The Bertz CT molecular complexity index is 1950. The third-order valence-corrected chi connectivity index (χ3v) is 10.2. The summed E-state index contributed by atoms with van der Waals surface area (Å²) in [4.78, 5) is 71.2. The number of aliphatic hydroxyl groups is 1. The number of imidazole rings is 1. The lowest BCUT2D eigenvalue weighted by molar-refractivity contribution is -0.146. The first kappa shape index (κ1) is 42.6. The van der Waals surface area contributed by atoms with Gasteiger partial charge in [0.05, 0.1) is 24.8 Å². The first-order chi connectivity index (χ1) is 27.0. The molecule has 0 radical (unpaired) electrons. The van der Waals surface area contributed by atoms with Crippen LogP contribution in [0.15, 0.2) is 66.9 Å². The number of imide groups is 1. The standard InChI is InChI=1S/C40H47F3N6O8/c1-25(50)38(55)49(23-27-20-44-21-31(27)43)36(37-45-32(29-19-28(41)9-10-30(29)42)24-47(37)22-26-7-5-4-6-8-26)40(2,3)14-18-57-39(56)46(15-13-35(53)54)16-17-48-33(51)11-12-34(48)52/h4-12,19,24-25,27,31,36,44,50H,13-18,20-23H2,1-3H3,(H,53,54)/t25-,27-,31?,36-/m0/s1. The Hall–Kier alpha value is -5.55. The Kier molecular flexibility index (Phi) is 13.9. The molecule has 14 nitrogen and oxygen atoms in total. The largest absolute Gasteiger partial charge is 0.481 e. The first-order valence-corrected chi connectivity index (χ1v) is 18.6. The van der Waals surface area contributed by atoms with Crippen LogP contribution in [-0.2, 0) is 30.5 Å². The van der Waals surface area contributed by atoms with E-state index >= 15 is 8.78 Å². The van der Waals surface area contributed by atoms with E-state index in [-0.39, 0.29) is 75.9 Å². The molecule has 0 bridgehead atoms. The second kappa shape index (κ2) is 18.6. The number of nitrogens with one attached hydrogen (secondary N) is 1. The van der Waals surface area contributed by atoms with Gasteiger partial charge >= 0.3 is 12.1 Å². The summed E-state index contributed by atoms with van der Waals surface area (Å²) in [6.45, 7) is 4.16. The number of alkyl halides is 1. The number of nitrogens with zero attached hydrogens (tertiary/aromatic N) is 5. The number of carboxylic acids is 1. The van der Waals surface area contributed by atoms with E-state index in [4.69, 9.17) is 9.72 Å². The molecule has 306 valence electrons. The lowest BCUT2D eigenvalue weighted by atomic mass is 9.79. The number of carbonyl (C=O) groups excluding carboxylic acids is 4. The Labute approximate surface area is 327 Å². The lowest BCUT2D eigenvalue weighted by Gasteiger charge is -2.43. The molecule has 3 heterocycles. The van der Waals surface area contributed by atoms with Gasteiger partial charge < -0.3 is 34.6 Å². The van der Waals surface area contributed by atoms with Crippen LogP contribution in [0.25, 0.3) is 11.3 Å². The van der Waals surface area contributed by atoms with Crippen LogP contribution in [0.2, 0.25) is 0 Å². The maximum Gasteiger partial charge on any atom is 0.409 e. The summed E-state index contributed by atoms with van der Waals surface area (Å²) in [5.41, 5.74) is -0.383. The summed E-state index contributed by atoms with van der Waals surface area (Å²) < 4.78 is 52.3. The fourth-order valence-corrected chi connectivity index (χ4v) is 7.01. The van der Waals surface area contributed by atoms with Crippen molar-refractivity contribution in [3.63, 3.8) is 0 Å². The monoisotopic (exact) mass is 796 g/mol. The Balaban J connectivity index is 1.52. The van der Waals surface area contributed by atoms with Crippen LogP contribution in [0.4, 0.5) is 18.0 Å². The number of hydrogen-bond donors (Lipinski definition) is 3. The van der Waals surface area contributed by atoms with Gasteiger partial charge in [0, 0.05) is 75.6 Å². The number of ether oxygens (including phenoxy) is 1. The number of benzene rings is 2. The Morgan fingerprint density at radius 2 is 1.75 bits per heavy atom. The molecule has 17 heteroatoms. The lowest BCUT2D eigenvalue weighted by Crippen LogP contribution is -2.50. The fraction of sp³-hybridized carbons (Fsp3) is 0.450. The van der Waals surface area contributed by atoms with E-state index < -0.39 is 77.5 Å². The van der Waals surface area contributed by atoms with Crippen molar-refractivity contribution >= 4 is 29.8 Å². The van der Waals surface area contributed by atoms with Gasteiger partial charge in [-0.1, -0.05) is 44.2 Å². The predicted octanol–water partition coefficient (Wildman–Crippen LogP) is 3.94. The van der Waals surface area contributed by atoms with Crippen LogP contribution in [-0.4, -0.2) is 122 Å². The minimum Gasteiger partial charge on any atom is -0.481 e. The van der Waals surface area contributed by atoms with Crippen LogP contribution in [0.1, 0.15) is 51.0 Å². The SMILES string of the molecule is C[C@H](O)C(=O)N(C[C@@H]1CNCC1F)[C@@H](c1nc(-c2cc(F)ccc2F)cn1Cc1ccccc1)C(C)(C)CCOC(=O)N(CCC(=O)O)CCN1C(=O)C=CC1=O. The van der Waals surface area contributed by atoms with Crippen molar-refractivity contribution in [2.75, 3.05) is 45.9 Å². The van der Waals surface area contributed by atoms with Crippen LogP contribution >= 0.6 is 0 Å². The number of carboxylic acid groups (broad SMARTS) is 1. The molecule has 2 aliphatic heterocycles. The number of halogens is 3.